The number of hydrogen-bond acceptors (Lipinski definition) is 3. The maximum atomic E-state index is 14.0. The van der Waals surface area contributed by atoms with Crippen LogP contribution in [0.2, 0.25) is 0 Å². The normalized spacial score (nSPS) is 20.9. The Hall–Kier alpha value is -1.04. The number of nitrogens with zero attached hydrogens (tertiary/aromatic N) is 1. The van der Waals surface area contributed by atoms with E-state index in [9.17, 15) is 13.9 Å². The summed E-state index contributed by atoms with van der Waals surface area (Å²) in [6.07, 6.45) is 2.18. The van der Waals surface area contributed by atoms with E-state index in [4.69, 9.17) is 0 Å². The average Bonchev–Trinajstić information content (AvgIpc) is 2.88. The fourth-order valence-electron chi connectivity index (χ4n) is 2.80. The molecule has 2 atom stereocenters. The lowest BCUT2D eigenvalue weighted by Gasteiger charge is -2.23. The van der Waals surface area contributed by atoms with Crippen LogP contribution in [0, 0.1) is 11.6 Å². The summed E-state index contributed by atoms with van der Waals surface area (Å²) in [5, 5.41) is 12.8. The summed E-state index contributed by atoms with van der Waals surface area (Å²) in [5.41, 5.74) is 0.392. The van der Waals surface area contributed by atoms with Crippen LogP contribution >= 0.6 is 0 Å². The van der Waals surface area contributed by atoms with Crippen molar-refractivity contribution in [3.63, 3.8) is 0 Å². The van der Waals surface area contributed by atoms with Crippen molar-refractivity contribution in [2.45, 2.75) is 38.3 Å². The maximum absolute atomic E-state index is 14.0. The molecule has 1 aliphatic heterocycles. The summed E-state index contributed by atoms with van der Waals surface area (Å²) < 4.78 is 27.4. The second-order valence-corrected chi connectivity index (χ2v) is 5.68. The van der Waals surface area contributed by atoms with Crippen LogP contribution in [0.5, 0.6) is 0 Å². The molecule has 1 aromatic rings. The Kier molecular flexibility index (Phi) is 6.08. The molecule has 1 aromatic carbocycles. The molecule has 118 valence electrons. The average molecular weight is 298 g/mol. The highest BCUT2D eigenvalue weighted by Crippen LogP contribution is 2.23. The van der Waals surface area contributed by atoms with Crippen LogP contribution < -0.4 is 5.32 Å². The molecule has 1 saturated heterocycles. The quantitative estimate of drug-likeness (QED) is 0.812. The second kappa shape index (κ2) is 7.82. The van der Waals surface area contributed by atoms with Gasteiger partial charge < -0.3 is 15.3 Å². The molecule has 0 saturated carbocycles. The first-order chi connectivity index (χ1) is 10.1. The van der Waals surface area contributed by atoms with Crippen molar-refractivity contribution in [3.8, 4) is 0 Å². The molecule has 0 aromatic heterocycles. The van der Waals surface area contributed by atoms with Crippen LogP contribution in [-0.2, 0) is 0 Å². The van der Waals surface area contributed by atoms with Crippen LogP contribution in [0.4, 0.5) is 8.78 Å². The van der Waals surface area contributed by atoms with E-state index in [1.807, 2.05) is 6.92 Å². The first-order valence-corrected chi connectivity index (χ1v) is 7.69. The van der Waals surface area contributed by atoms with Gasteiger partial charge in [0, 0.05) is 31.2 Å². The van der Waals surface area contributed by atoms with E-state index < -0.39 is 11.6 Å². The summed E-state index contributed by atoms with van der Waals surface area (Å²) in [4.78, 5) is 2.17. The number of aliphatic hydroxyl groups excluding tert-OH is 1. The zero-order valence-electron chi connectivity index (χ0n) is 12.5. The van der Waals surface area contributed by atoms with Gasteiger partial charge in [0.25, 0.3) is 0 Å². The summed E-state index contributed by atoms with van der Waals surface area (Å²) in [5.74, 6) is -1.56. The van der Waals surface area contributed by atoms with Crippen molar-refractivity contribution in [1.29, 1.82) is 0 Å². The zero-order chi connectivity index (χ0) is 15.2. The van der Waals surface area contributed by atoms with E-state index in [0.29, 0.717) is 18.5 Å². The van der Waals surface area contributed by atoms with Crippen LogP contribution in [0.3, 0.4) is 0 Å². The highest BCUT2D eigenvalue weighted by molar-refractivity contribution is 5.22. The Labute approximate surface area is 125 Å². The lowest BCUT2D eigenvalue weighted by molar-refractivity contribution is 0.174. The standard InChI is InChI=1S/C16H24F2N2O/c1-2-8-19-15(7-10-20-9-6-12(21)11-20)13-4-3-5-14(17)16(13)18/h3-5,12,15,19,21H,2,6-11H2,1H3. The first-order valence-electron chi connectivity index (χ1n) is 7.69. The number of hydrogen-bond donors (Lipinski definition) is 2. The highest BCUT2D eigenvalue weighted by atomic mass is 19.2. The van der Waals surface area contributed by atoms with Gasteiger partial charge >= 0.3 is 0 Å². The van der Waals surface area contributed by atoms with Gasteiger partial charge in [-0.1, -0.05) is 19.1 Å². The van der Waals surface area contributed by atoms with Crippen molar-refractivity contribution < 1.29 is 13.9 Å². The Morgan fingerprint density at radius 3 is 2.90 bits per heavy atom. The van der Waals surface area contributed by atoms with E-state index >= 15 is 0 Å². The minimum atomic E-state index is -0.799. The van der Waals surface area contributed by atoms with Gasteiger partial charge in [-0.05, 0) is 31.9 Å². The van der Waals surface area contributed by atoms with Gasteiger partial charge in [-0.2, -0.15) is 0 Å². The Morgan fingerprint density at radius 1 is 1.43 bits per heavy atom. The molecule has 1 aliphatic rings. The van der Waals surface area contributed by atoms with Gasteiger partial charge in [0.05, 0.1) is 6.10 Å². The summed E-state index contributed by atoms with van der Waals surface area (Å²) in [6, 6.07) is 4.14. The number of β-amino-alcohol motifs (C(OH)–C–C–N with tert-alkyl or cyclic N) is 1. The number of rotatable bonds is 7. The summed E-state index contributed by atoms with van der Waals surface area (Å²) >= 11 is 0. The Bertz CT molecular complexity index is 456. The minimum absolute atomic E-state index is 0.196. The van der Waals surface area contributed by atoms with Gasteiger partial charge in [0.15, 0.2) is 11.6 Å². The minimum Gasteiger partial charge on any atom is -0.392 e. The van der Waals surface area contributed by atoms with Crippen molar-refractivity contribution in [2.24, 2.45) is 0 Å². The fraction of sp³-hybridized carbons (Fsp3) is 0.625. The van der Waals surface area contributed by atoms with Gasteiger partial charge in [0.2, 0.25) is 0 Å². The third-order valence-electron chi connectivity index (χ3n) is 3.98. The first kappa shape index (κ1) is 16.3. The van der Waals surface area contributed by atoms with Crippen LogP contribution in [0.15, 0.2) is 18.2 Å². The number of aliphatic hydroxyl groups is 1. The molecule has 2 rings (SSSR count). The summed E-state index contributed by atoms with van der Waals surface area (Å²) in [6.45, 7) is 5.12. The smallest absolute Gasteiger partial charge is 0.163 e. The number of likely N-dealkylation sites (tertiary alicyclic amines) is 1. The molecular formula is C16H24F2N2O. The van der Waals surface area contributed by atoms with E-state index in [2.05, 4.69) is 10.2 Å². The number of benzene rings is 1. The summed E-state index contributed by atoms with van der Waals surface area (Å²) in [7, 11) is 0. The van der Waals surface area contributed by atoms with Gasteiger partial charge in [-0.3, -0.25) is 0 Å². The van der Waals surface area contributed by atoms with Crippen LogP contribution in [0.1, 0.15) is 37.8 Å². The molecule has 0 amide bonds. The molecule has 0 spiro atoms. The monoisotopic (exact) mass is 298 g/mol. The Balaban J connectivity index is 2.01. The predicted octanol–water partition coefficient (Wildman–Crippen LogP) is 2.46. The fourth-order valence-corrected chi connectivity index (χ4v) is 2.80. The predicted molar refractivity (Wildman–Crippen MR) is 79.1 cm³/mol. The van der Waals surface area contributed by atoms with Crippen LogP contribution in [0.25, 0.3) is 0 Å². The maximum Gasteiger partial charge on any atom is 0.163 e. The topological polar surface area (TPSA) is 35.5 Å². The molecule has 1 fully saturated rings. The molecule has 3 nitrogen and oxygen atoms in total. The number of halogens is 2. The van der Waals surface area contributed by atoms with Crippen molar-refractivity contribution >= 4 is 0 Å². The molecule has 21 heavy (non-hydrogen) atoms. The molecule has 0 radical (unpaired) electrons. The van der Waals surface area contributed by atoms with Gasteiger partial charge in [0.1, 0.15) is 0 Å². The third kappa shape index (κ3) is 4.46. The lowest BCUT2D eigenvalue weighted by atomic mass is 10.0. The van der Waals surface area contributed by atoms with E-state index in [-0.39, 0.29) is 12.1 Å². The van der Waals surface area contributed by atoms with E-state index in [1.54, 1.807) is 12.1 Å². The zero-order valence-corrected chi connectivity index (χ0v) is 12.5. The molecular weight excluding hydrogens is 274 g/mol. The second-order valence-electron chi connectivity index (χ2n) is 5.68. The Morgan fingerprint density at radius 2 is 2.24 bits per heavy atom. The lowest BCUT2D eigenvalue weighted by Crippen LogP contribution is -2.30. The van der Waals surface area contributed by atoms with Gasteiger partial charge in [-0.25, -0.2) is 8.78 Å². The van der Waals surface area contributed by atoms with Crippen LogP contribution in [-0.4, -0.2) is 42.3 Å². The highest BCUT2D eigenvalue weighted by Gasteiger charge is 2.23. The van der Waals surface area contributed by atoms with Crippen molar-refractivity contribution in [3.05, 3.63) is 35.4 Å². The number of nitrogens with one attached hydrogen (secondary N) is 1. The molecule has 0 bridgehead atoms. The SMILES string of the molecule is CCCNC(CCN1CCC(O)C1)c1cccc(F)c1F. The molecule has 2 unspecified atom stereocenters. The largest absolute Gasteiger partial charge is 0.392 e. The third-order valence-corrected chi connectivity index (χ3v) is 3.98. The van der Waals surface area contributed by atoms with E-state index in [0.717, 1.165) is 38.5 Å². The molecule has 1 heterocycles. The van der Waals surface area contributed by atoms with Gasteiger partial charge in [-0.15, -0.1) is 0 Å². The van der Waals surface area contributed by atoms with E-state index in [1.165, 1.54) is 0 Å². The van der Waals surface area contributed by atoms with Crippen molar-refractivity contribution in [2.75, 3.05) is 26.2 Å². The molecule has 2 N–H and O–H groups in total. The van der Waals surface area contributed by atoms with Crippen molar-refractivity contribution in [1.82, 2.24) is 10.2 Å². The molecule has 5 heteroatoms. The molecule has 0 aliphatic carbocycles.